The SMILES string of the molecule is CCN(CC)CCSc1cc(C)ccc1C(=O)O. The monoisotopic (exact) mass is 267 g/mol. The number of nitrogens with zero attached hydrogens (tertiary/aromatic N) is 1. The Kier molecular flexibility index (Phi) is 6.22. The molecule has 1 N–H and O–H groups in total. The van der Waals surface area contributed by atoms with Gasteiger partial charge in [0.1, 0.15) is 0 Å². The van der Waals surface area contributed by atoms with Gasteiger partial charge in [0.15, 0.2) is 0 Å². The molecule has 1 aromatic rings. The molecule has 0 amide bonds. The summed E-state index contributed by atoms with van der Waals surface area (Å²) in [6, 6.07) is 5.49. The number of hydrogen-bond donors (Lipinski definition) is 1. The number of aryl methyl sites for hydroxylation is 1. The highest BCUT2D eigenvalue weighted by Crippen LogP contribution is 2.24. The Morgan fingerprint density at radius 1 is 1.33 bits per heavy atom. The Bertz CT molecular complexity index is 403. The van der Waals surface area contributed by atoms with Crippen molar-refractivity contribution in [2.45, 2.75) is 25.7 Å². The zero-order valence-electron chi connectivity index (χ0n) is 11.3. The van der Waals surface area contributed by atoms with Crippen molar-refractivity contribution < 1.29 is 9.90 Å². The summed E-state index contributed by atoms with van der Waals surface area (Å²) in [5.41, 5.74) is 1.51. The van der Waals surface area contributed by atoms with Gasteiger partial charge in [-0.3, -0.25) is 0 Å². The fourth-order valence-electron chi connectivity index (χ4n) is 1.75. The standard InChI is InChI=1S/C14H21NO2S/c1-4-15(5-2)8-9-18-13-10-11(3)6-7-12(13)14(16)17/h6-7,10H,4-5,8-9H2,1-3H3,(H,16,17). The van der Waals surface area contributed by atoms with Gasteiger partial charge in [-0.2, -0.15) is 0 Å². The van der Waals surface area contributed by atoms with Crippen molar-refractivity contribution in [1.82, 2.24) is 4.90 Å². The fraction of sp³-hybridized carbons (Fsp3) is 0.500. The molecule has 0 aliphatic carbocycles. The van der Waals surface area contributed by atoms with E-state index in [9.17, 15) is 4.79 Å². The van der Waals surface area contributed by atoms with Crippen molar-refractivity contribution in [2.24, 2.45) is 0 Å². The van der Waals surface area contributed by atoms with Gasteiger partial charge < -0.3 is 10.0 Å². The lowest BCUT2D eigenvalue weighted by atomic mass is 10.1. The van der Waals surface area contributed by atoms with Crippen LogP contribution in [0.5, 0.6) is 0 Å². The molecule has 0 aliphatic rings. The summed E-state index contributed by atoms with van der Waals surface area (Å²) in [5, 5.41) is 9.13. The quantitative estimate of drug-likeness (QED) is 0.771. The maximum absolute atomic E-state index is 11.1. The maximum atomic E-state index is 11.1. The Hall–Kier alpha value is -1.00. The molecule has 0 fully saturated rings. The topological polar surface area (TPSA) is 40.5 Å². The summed E-state index contributed by atoms with van der Waals surface area (Å²) in [6.07, 6.45) is 0. The molecule has 0 heterocycles. The van der Waals surface area contributed by atoms with Crippen molar-refractivity contribution in [1.29, 1.82) is 0 Å². The molecule has 100 valence electrons. The lowest BCUT2D eigenvalue weighted by Gasteiger charge is -2.17. The molecule has 0 spiro atoms. The van der Waals surface area contributed by atoms with Gasteiger partial charge >= 0.3 is 5.97 Å². The van der Waals surface area contributed by atoms with Gasteiger partial charge in [-0.1, -0.05) is 19.9 Å². The van der Waals surface area contributed by atoms with Crippen LogP contribution < -0.4 is 0 Å². The summed E-state index contributed by atoms with van der Waals surface area (Å²) in [6.45, 7) is 9.34. The van der Waals surface area contributed by atoms with E-state index in [0.717, 1.165) is 35.8 Å². The van der Waals surface area contributed by atoms with Gasteiger partial charge in [0.05, 0.1) is 5.56 Å². The summed E-state index contributed by atoms with van der Waals surface area (Å²) in [5.74, 6) is 0.0751. The van der Waals surface area contributed by atoms with Crippen LogP contribution in [0.1, 0.15) is 29.8 Å². The zero-order chi connectivity index (χ0) is 13.5. The van der Waals surface area contributed by atoms with Crippen molar-refractivity contribution in [2.75, 3.05) is 25.4 Å². The molecule has 1 rings (SSSR count). The molecule has 0 atom stereocenters. The number of thioether (sulfide) groups is 1. The van der Waals surface area contributed by atoms with Crippen LogP contribution in [0.4, 0.5) is 0 Å². The van der Waals surface area contributed by atoms with Crippen LogP contribution in [0, 0.1) is 6.92 Å². The van der Waals surface area contributed by atoms with E-state index < -0.39 is 5.97 Å². The van der Waals surface area contributed by atoms with Crippen LogP contribution in [-0.4, -0.2) is 41.4 Å². The second-order valence-electron chi connectivity index (χ2n) is 4.18. The van der Waals surface area contributed by atoms with E-state index >= 15 is 0 Å². The largest absolute Gasteiger partial charge is 0.478 e. The number of benzene rings is 1. The van der Waals surface area contributed by atoms with Gasteiger partial charge in [-0.05, 0) is 37.7 Å². The minimum Gasteiger partial charge on any atom is -0.478 e. The van der Waals surface area contributed by atoms with Gasteiger partial charge in [0, 0.05) is 17.2 Å². The van der Waals surface area contributed by atoms with E-state index in [2.05, 4.69) is 18.7 Å². The van der Waals surface area contributed by atoms with Gasteiger partial charge in [-0.15, -0.1) is 11.8 Å². The minimum atomic E-state index is -0.847. The first-order chi connectivity index (χ1) is 8.58. The van der Waals surface area contributed by atoms with E-state index in [1.165, 1.54) is 0 Å². The highest BCUT2D eigenvalue weighted by atomic mass is 32.2. The molecule has 3 nitrogen and oxygen atoms in total. The Labute approximate surface area is 113 Å². The number of carboxylic acids is 1. The van der Waals surface area contributed by atoms with E-state index in [4.69, 9.17) is 5.11 Å². The van der Waals surface area contributed by atoms with Crippen molar-refractivity contribution in [3.05, 3.63) is 29.3 Å². The van der Waals surface area contributed by atoms with Crippen LogP contribution in [0.3, 0.4) is 0 Å². The lowest BCUT2D eigenvalue weighted by molar-refractivity contribution is 0.0693. The van der Waals surface area contributed by atoms with E-state index in [1.807, 2.05) is 19.1 Å². The molecular weight excluding hydrogens is 246 g/mol. The minimum absolute atomic E-state index is 0.408. The number of hydrogen-bond acceptors (Lipinski definition) is 3. The van der Waals surface area contributed by atoms with Gasteiger partial charge in [0.25, 0.3) is 0 Å². The normalized spacial score (nSPS) is 10.9. The highest BCUT2D eigenvalue weighted by molar-refractivity contribution is 7.99. The fourth-order valence-corrected chi connectivity index (χ4v) is 2.90. The Morgan fingerprint density at radius 3 is 2.56 bits per heavy atom. The van der Waals surface area contributed by atoms with Gasteiger partial charge in [-0.25, -0.2) is 4.79 Å². The molecule has 0 bridgehead atoms. The third-order valence-electron chi connectivity index (χ3n) is 2.93. The summed E-state index contributed by atoms with van der Waals surface area (Å²) >= 11 is 1.63. The first-order valence-corrected chi connectivity index (χ1v) is 7.26. The zero-order valence-corrected chi connectivity index (χ0v) is 12.1. The molecule has 0 saturated heterocycles. The summed E-state index contributed by atoms with van der Waals surface area (Å²) < 4.78 is 0. The van der Waals surface area contributed by atoms with Gasteiger partial charge in [0.2, 0.25) is 0 Å². The number of carbonyl (C=O) groups is 1. The average Bonchev–Trinajstić information content (AvgIpc) is 2.34. The predicted octanol–water partition coefficient (Wildman–Crippen LogP) is 3.13. The molecule has 0 radical (unpaired) electrons. The maximum Gasteiger partial charge on any atom is 0.336 e. The third-order valence-corrected chi connectivity index (χ3v) is 3.96. The molecular formula is C14H21NO2S. The van der Waals surface area contributed by atoms with Crippen LogP contribution >= 0.6 is 11.8 Å². The average molecular weight is 267 g/mol. The van der Waals surface area contributed by atoms with Crippen LogP contribution in [-0.2, 0) is 0 Å². The molecule has 0 aromatic heterocycles. The van der Waals surface area contributed by atoms with Crippen molar-refractivity contribution >= 4 is 17.7 Å². The molecule has 4 heteroatoms. The van der Waals surface area contributed by atoms with E-state index in [0.29, 0.717) is 5.56 Å². The molecule has 0 unspecified atom stereocenters. The Balaban J connectivity index is 2.66. The summed E-state index contributed by atoms with van der Waals surface area (Å²) in [7, 11) is 0. The molecule has 0 aliphatic heterocycles. The number of rotatable bonds is 7. The Morgan fingerprint density at radius 2 is 2.00 bits per heavy atom. The lowest BCUT2D eigenvalue weighted by Crippen LogP contribution is -2.25. The highest BCUT2D eigenvalue weighted by Gasteiger charge is 2.10. The third kappa shape index (κ3) is 4.35. The van der Waals surface area contributed by atoms with E-state index in [1.54, 1.807) is 17.8 Å². The number of carboxylic acid groups (broad SMARTS) is 1. The van der Waals surface area contributed by atoms with Crippen molar-refractivity contribution in [3.8, 4) is 0 Å². The molecule has 18 heavy (non-hydrogen) atoms. The number of aromatic carboxylic acids is 1. The first kappa shape index (κ1) is 15.1. The molecule has 0 saturated carbocycles. The van der Waals surface area contributed by atoms with Crippen LogP contribution in [0.2, 0.25) is 0 Å². The second kappa shape index (κ2) is 7.44. The smallest absolute Gasteiger partial charge is 0.336 e. The first-order valence-electron chi connectivity index (χ1n) is 6.27. The van der Waals surface area contributed by atoms with Crippen LogP contribution in [0.25, 0.3) is 0 Å². The summed E-state index contributed by atoms with van der Waals surface area (Å²) in [4.78, 5) is 14.3. The van der Waals surface area contributed by atoms with Crippen LogP contribution in [0.15, 0.2) is 23.1 Å². The predicted molar refractivity (Wildman–Crippen MR) is 76.7 cm³/mol. The second-order valence-corrected chi connectivity index (χ2v) is 5.32. The molecule has 1 aromatic carbocycles. The van der Waals surface area contributed by atoms with E-state index in [-0.39, 0.29) is 0 Å². The van der Waals surface area contributed by atoms with Crippen molar-refractivity contribution in [3.63, 3.8) is 0 Å².